The number of halogens is 3. The molecule has 8 heteroatoms. The summed E-state index contributed by atoms with van der Waals surface area (Å²) >= 11 is 2.48. The van der Waals surface area contributed by atoms with Crippen molar-refractivity contribution in [1.82, 2.24) is 15.0 Å². The first-order valence-corrected chi connectivity index (χ1v) is 7.34. The van der Waals surface area contributed by atoms with Crippen molar-refractivity contribution in [2.24, 2.45) is 0 Å². The van der Waals surface area contributed by atoms with Gasteiger partial charge in [0.2, 0.25) is 0 Å². The summed E-state index contributed by atoms with van der Waals surface area (Å²) in [6.07, 6.45) is -1.62. The molecule has 2 aromatic rings. The van der Waals surface area contributed by atoms with Crippen molar-refractivity contribution in [3.05, 3.63) is 29.0 Å². The molecule has 20 heavy (non-hydrogen) atoms. The maximum absolute atomic E-state index is 12.6. The molecule has 0 aromatic carbocycles. The highest BCUT2D eigenvalue weighted by Gasteiger charge is 2.32. The summed E-state index contributed by atoms with van der Waals surface area (Å²) in [5, 5.41) is 0.0506. The Morgan fingerprint density at radius 1 is 1.15 bits per heavy atom. The van der Waals surface area contributed by atoms with Gasteiger partial charge in [0, 0.05) is 17.3 Å². The van der Waals surface area contributed by atoms with Crippen LogP contribution >= 0.6 is 23.1 Å². The van der Waals surface area contributed by atoms with Crippen LogP contribution in [0.25, 0.3) is 0 Å². The Morgan fingerprint density at radius 2 is 1.85 bits per heavy atom. The van der Waals surface area contributed by atoms with Crippen LogP contribution in [0.2, 0.25) is 0 Å². The summed E-state index contributed by atoms with van der Waals surface area (Å²) in [5.41, 5.74) is -0.979. The zero-order chi connectivity index (χ0) is 15.0. The number of alkyl halides is 3. The molecule has 0 aliphatic rings. The average Bonchev–Trinajstić information content (AvgIpc) is 2.76. The minimum atomic E-state index is -4.46. The Kier molecular flexibility index (Phi) is 4.06. The second-order valence-corrected chi connectivity index (χ2v) is 7.31. The van der Waals surface area contributed by atoms with E-state index in [2.05, 4.69) is 35.7 Å². The molecule has 0 atom stereocenters. The number of rotatable bonds is 2. The maximum Gasteiger partial charge on any atom is 0.433 e. The molecule has 3 nitrogen and oxygen atoms in total. The Morgan fingerprint density at radius 3 is 2.40 bits per heavy atom. The zero-order valence-electron chi connectivity index (χ0n) is 11.0. The highest BCUT2D eigenvalue weighted by molar-refractivity contribution is 8.00. The van der Waals surface area contributed by atoms with Gasteiger partial charge in [0.05, 0.1) is 0 Å². The summed E-state index contributed by atoms with van der Waals surface area (Å²) in [4.78, 5) is 12.6. The number of hydrogen-bond donors (Lipinski definition) is 0. The molecule has 0 spiro atoms. The first kappa shape index (κ1) is 15.2. The van der Waals surface area contributed by atoms with Gasteiger partial charge < -0.3 is 0 Å². The van der Waals surface area contributed by atoms with Gasteiger partial charge in [0.25, 0.3) is 0 Å². The Balaban J connectivity index is 2.20. The lowest BCUT2D eigenvalue weighted by molar-refractivity contribution is -0.141. The van der Waals surface area contributed by atoms with E-state index in [4.69, 9.17) is 0 Å². The highest BCUT2D eigenvalue weighted by atomic mass is 32.2. The smallest absolute Gasteiger partial charge is 0.237 e. The third-order valence-corrected chi connectivity index (χ3v) is 4.70. The van der Waals surface area contributed by atoms with Crippen LogP contribution in [0.5, 0.6) is 0 Å². The van der Waals surface area contributed by atoms with Crippen molar-refractivity contribution in [2.75, 3.05) is 0 Å². The third kappa shape index (κ3) is 3.69. The molecule has 2 rings (SSSR count). The standard InChI is InChI=1S/C12H12F3N3S2/c1-11(2,3)8-6-17-10(19-8)20-9-16-5-4-7(18-9)12(13,14)15/h4-6H,1-3H3. The van der Waals surface area contributed by atoms with Gasteiger partial charge in [-0.15, -0.1) is 11.3 Å². The van der Waals surface area contributed by atoms with Crippen LogP contribution < -0.4 is 0 Å². The topological polar surface area (TPSA) is 38.7 Å². The molecule has 2 aromatic heterocycles. The van der Waals surface area contributed by atoms with Crippen LogP contribution in [0.1, 0.15) is 31.3 Å². The summed E-state index contributed by atoms with van der Waals surface area (Å²) < 4.78 is 38.3. The van der Waals surface area contributed by atoms with Gasteiger partial charge >= 0.3 is 6.18 Å². The second-order valence-electron chi connectivity index (χ2n) is 5.06. The van der Waals surface area contributed by atoms with Crippen molar-refractivity contribution in [2.45, 2.75) is 41.9 Å². The quantitative estimate of drug-likeness (QED) is 0.769. The van der Waals surface area contributed by atoms with Gasteiger partial charge in [-0.2, -0.15) is 13.2 Å². The van der Waals surface area contributed by atoms with Crippen molar-refractivity contribution in [3.8, 4) is 0 Å². The average molecular weight is 319 g/mol. The van der Waals surface area contributed by atoms with Crippen LogP contribution in [0.3, 0.4) is 0 Å². The minimum absolute atomic E-state index is 0.0366. The van der Waals surface area contributed by atoms with Gasteiger partial charge in [0.1, 0.15) is 5.69 Å². The lowest BCUT2D eigenvalue weighted by atomic mass is 9.96. The van der Waals surface area contributed by atoms with E-state index in [0.29, 0.717) is 4.34 Å². The summed E-state index contributed by atoms with van der Waals surface area (Å²) in [6, 6.07) is 0.854. The molecule has 0 amide bonds. The molecule has 0 N–H and O–H groups in total. The summed E-state index contributed by atoms with van der Waals surface area (Å²) in [6.45, 7) is 6.15. The summed E-state index contributed by atoms with van der Waals surface area (Å²) in [5.74, 6) is 0. The van der Waals surface area contributed by atoms with Crippen molar-refractivity contribution >= 4 is 23.1 Å². The van der Waals surface area contributed by atoms with E-state index in [9.17, 15) is 13.2 Å². The van der Waals surface area contributed by atoms with Crippen LogP contribution in [-0.4, -0.2) is 15.0 Å². The van der Waals surface area contributed by atoms with Gasteiger partial charge in [0.15, 0.2) is 9.50 Å². The molecule has 108 valence electrons. The predicted octanol–water partition coefficient (Wildman–Crippen LogP) is 4.40. The van der Waals surface area contributed by atoms with E-state index in [1.165, 1.54) is 11.3 Å². The molecule has 2 heterocycles. The highest BCUT2D eigenvalue weighted by Crippen LogP contribution is 2.35. The SMILES string of the molecule is CC(C)(C)c1cnc(Sc2nccc(C(F)(F)F)n2)s1. The van der Waals surface area contributed by atoms with E-state index in [0.717, 1.165) is 28.9 Å². The van der Waals surface area contributed by atoms with E-state index in [1.54, 1.807) is 6.20 Å². The zero-order valence-corrected chi connectivity index (χ0v) is 12.7. The Labute approximate surface area is 122 Å². The van der Waals surface area contributed by atoms with E-state index in [1.807, 2.05) is 0 Å². The number of aromatic nitrogens is 3. The van der Waals surface area contributed by atoms with Crippen molar-refractivity contribution in [3.63, 3.8) is 0 Å². The van der Waals surface area contributed by atoms with Crippen LogP contribution in [-0.2, 0) is 11.6 Å². The lowest BCUT2D eigenvalue weighted by Gasteiger charge is -2.14. The van der Waals surface area contributed by atoms with E-state index < -0.39 is 11.9 Å². The predicted molar refractivity (Wildman–Crippen MR) is 72.0 cm³/mol. The monoisotopic (exact) mass is 319 g/mol. The normalized spacial score (nSPS) is 12.7. The van der Waals surface area contributed by atoms with Crippen LogP contribution in [0.15, 0.2) is 28.0 Å². The van der Waals surface area contributed by atoms with Gasteiger partial charge in [-0.05, 0) is 23.2 Å². The first-order valence-electron chi connectivity index (χ1n) is 5.70. The van der Waals surface area contributed by atoms with Crippen LogP contribution in [0, 0.1) is 0 Å². The molecular weight excluding hydrogens is 307 g/mol. The molecule has 0 aliphatic heterocycles. The molecule has 0 unspecified atom stereocenters. The molecule has 0 radical (unpaired) electrons. The van der Waals surface area contributed by atoms with Gasteiger partial charge in [-0.25, -0.2) is 15.0 Å². The van der Waals surface area contributed by atoms with E-state index >= 15 is 0 Å². The minimum Gasteiger partial charge on any atom is -0.237 e. The fourth-order valence-corrected chi connectivity index (χ4v) is 3.16. The molecule has 0 aliphatic carbocycles. The van der Waals surface area contributed by atoms with Gasteiger partial charge in [-0.3, -0.25) is 0 Å². The largest absolute Gasteiger partial charge is 0.433 e. The van der Waals surface area contributed by atoms with Crippen molar-refractivity contribution < 1.29 is 13.2 Å². The van der Waals surface area contributed by atoms with Crippen LogP contribution in [0.4, 0.5) is 13.2 Å². The molecule has 0 fully saturated rings. The fraction of sp³-hybridized carbons (Fsp3) is 0.417. The number of nitrogens with zero attached hydrogens (tertiary/aromatic N) is 3. The number of hydrogen-bond acceptors (Lipinski definition) is 5. The summed E-state index contributed by atoms with van der Waals surface area (Å²) in [7, 11) is 0. The number of thiazole rings is 1. The molecule has 0 saturated carbocycles. The maximum atomic E-state index is 12.6. The van der Waals surface area contributed by atoms with Crippen molar-refractivity contribution in [1.29, 1.82) is 0 Å². The second kappa shape index (κ2) is 5.33. The first-order chi connectivity index (χ1) is 9.16. The molecule has 0 saturated heterocycles. The Bertz CT molecular complexity index is 602. The third-order valence-electron chi connectivity index (χ3n) is 2.33. The lowest BCUT2D eigenvalue weighted by Crippen LogP contribution is -2.08. The fourth-order valence-electron chi connectivity index (χ4n) is 1.28. The Hall–Kier alpha value is -1.15. The molecule has 0 bridgehead atoms. The molecular formula is C12H12F3N3S2. The van der Waals surface area contributed by atoms with E-state index in [-0.39, 0.29) is 10.6 Å². The van der Waals surface area contributed by atoms with Gasteiger partial charge in [-0.1, -0.05) is 20.8 Å².